The first-order chi connectivity index (χ1) is 11.1. The molecule has 0 aliphatic carbocycles. The normalized spacial score (nSPS) is 21.2. The molecule has 1 aliphatic heterocycles. The Balaban J connectivity index is 1.72. The van der Waals surface area contributed by atoms with Crippen molar-refractivity contribution in [3.05, 3.63) is 41.4 Å². The number of rotatable bonds is 3. The number of hydrogen-bond acceptors (Lipinski definition) is 4. The molecule has 1 fully saturated rings. The second-order valence-corrected chi connectivity index (χ2v) is 6.72. The highest BCUT2D eigenvalue weighted by Gasteiger charge is 2.33. The molecular weight excluding hydrogens is 312 g/mol. The zero-order valence-corrected chi connectivity index (χ0v) is 13.6. The van der Waals surface area contributed by atoms with Gasteiger partial charge >= 0.3 is 5.97 Å². The van der Waals surface area contributed by atoms with Gasteiger partial charge in [0.15, 0.2) is 0 Å². The Morgan fingerprint density at radius 3 is 2.70 bits per heavy atom. The minimum Gasteiger partial charge on any atom is -0.481 e. The lowest BCUT2D eigenvalue weighted by Crippen LogP contribution is -2.45. The van der Waals surface area contributed by atoms with E-state index in [9.17, 15) is 9.59 Å². The Morgan fingerprint density at radius 2 is 2.04 bits per heavy atom. The summed E-state index contributed by atoms with van der Waals surface area (Å²) in [6, 6.07) is 9.76. The number of piperidine rings is 1. The van der Waals surface area contributed by atoms with Crippen LogP contribution in [0.1, 0.15) is 23.8 Å². The maximum absolute atomic E-state index is 12.6. The fraction of sp³-hybridized carbons (Fsp3) is 0.353. The van der Waals surface area contributed by atoms with Gasteiger partial charge in [0.05, 0.1) is 5.92 Å². The van der Waals surface area contributed by atoms with Crippen LogP contribution in [0.4, 0.5) is 0 Å². The number of hydrogen-bond donors (Lipinski definition) is 1. The van der Waals surface area contributed by atoms with Crippen molar-refractivity contribution in [2.45, 2.75) is 13.3 Å². The Labute approximate surface area is 138 Å². The van der Waals surface area contributed by atoms with Crippen LogP contribution in [0.2, 0.25) is 0 Å². The number of aliphatic carboxylic acids is 1. The van der Waals surface area contributed by atoms with Crippen molar-refractivity contribution in [2.24, 2.45) is 11.8 Å². The maximum atomic E-state index is 12.6. The van der Waals surface area contributed by atoms with Crippen molar-refractivity contribution < 1.29 is 14.7 Å². The topological polar surface area (TPSA) is 70.5 Å². The fourth-order valence-corrected chi connectivity index (χ4v) is 3.74. The maximum Gasteiger partial charge on any atom is 0.306 e. The van der Waals surface area contributed by atoms with Crippen LogP contribution in [-0.4, -0.2) is 40.0 Å². The molecule has 5 nitrogen and oxygen atoms in total. The Morgan fingerprint density at radius 1 is 1.30 bits per heavy atom. The zero-order valence-electron chi connectivity index (χ0n) is 12.8. The van der Waals surface area contributed by atoms with E-state index in [1.54, 1.807) is 10.3 Å². The minimum absolute atomic E-state index is 0.0440. The highest BCUT2D eigenvalue weighted by Crippen LogP contribution is 2.27. The predicted octanol–water partition coefficient (Wildman–Crippen LogP) is 2.99. The van der Waals surface area contributed by atoms with Gasteiger partial charge in [-0.15, -0.1) is 11.3 Å². The first-order valence-electron chi connectivity index (χ1n) is 7.59. The van der Waals surface area contributed by atoms with Crippen LogP contribution in [0.15, 0.2) is 35.7 Å². The summed E-state index contributed by atoms with van der Waals surface area (Å²) in [4.78, 5) is 29.9. The van der Waals surface area contributed by atoms with Gasteiger partial charge < -0.3 is 10.0 Å². The fourth-order valence-electron chi connectivity index (χ4n) is 2.94. The molecule has 0 spiro atoms. The van der Waals surface area contributed by atoms with Gasteiger partial charge in [-0.1, -0.05) is 37.3 Å². The van der Waals surface area contributed by atoms with Crippen molar-refractivity contribution in [1.82, 2.24) is 9.88 Å². The SMILES string of the molecule is CC1CN(C(=O)c2csc(-c3ccccc3)n2)CCC1C(=O)O. The van der Waals surface area contributed by atoms with Gasteiger partial charge in [0.2, 0.25) is 0 Å². The van der Waals surface area contributed by atoms with E-state index in [0.29, 0.717) is 25.2 Å². The summed E-state index contributed by atoms with van der Waals surface area (Å²) in [6.07, 6.45) is 0.498. The lowest BCUT2D eigenvalue weighted by Gasteiger charge is -2.34. The third-order valence-corrected chi connectivity index (χ3v) is 5.15. The number of benzene rings is 1. The van der Waals surface area contributed by atoms with E-state index in [1.165, 1.54) is 11.3 Å². The predicted molar refractivity (Wildman–Crippen MR) is 88.4 cm³/mol. The Bertz CT molecular complexity index is 714. The molecule has 6 heteroatoms. The molecule has 3 rings (SSSR count). The third-order valence-electron chi connectivity index (χ3n) is 4.25. The number of aromatic nitrogens is 1. The lowest BCUT2D eigenvalue weighted by molar-refractivity contribution is -0.145. The molecule has 2 heterocycles. The summed E-state index contributed by atoms with van der Waals surface area (Å²) in [5, 5.41) is 11.8. The van der Waals surface area contributed by atoms with Crippen molar-refractivity contribution in [3.8, 4) is 10.6 Å². The van der Waals surface area contributed by atoms with Crippen LogP contribution < -0.4 is 0 Å². The molecule has 120 valence electrons. The van der Waals surface area contributed by atoms with Crippen molar-refractivity contribution in [1.29, 1.82) is 0 Å². The van der Waals surface area contributed by atoms with E-state index in [4.69, 9.17) is 5.11 Å². The number of nitrogens with zero attached hydrogens (tertiary/aromatic N) is 2. The average molecular weight is 330 g/mol. The van der Waals surface area contributed by atoms with Crippen LogP contribution in [0.25, 0.3) is 10.6 Å². The highest BCUT2D eigenvalue weighted by molar-refractivity contribution is 7.13. The quantitative estimate of drug-likeness (QED) is 0.939. The number of carbonyl (C=O) groups is 2. The second-order valence-electron chi connectivity index (χ2n) is 5.87. The number of amides is 1. The van der Waals surface area contributed by atoms with E-state index in [0.717, 1.165) is 10.6 Å². The zero-order chi connectivity index (χ0) is 16.4. The molecule has 1 saturated heterocycles. The van der Waals surface area contributed by atoms with Crippen LogP contribution >= 0.6 is 11.3 Å². The van der Waals surface area contributed by atoms with Gasteiger partial charge in [-0.2, -0.15) is 0 Å². The van der Waals surface area contributed by atoms with Crippen molar-refractivity contribution in [3.63, 3.8) is 0 Å². The molecule has 1 aromatic heterocycles. The summed E-state index contributed by atoms with van der Waals surface area (Å²) in [6.45, 7) is 2.82. The summed E-state index contributed by atoms with van der Waals surface area (Å²) in [5.41, 5.74) is 1.43. The monoisotopic (exact) mass is 330 g/mol. The summed E-state index contributed by atoms with van der Waals surface area (Å²) >= 11 is 1.45. The van der Waals surface area contributed by atoms with Crippen LogP contribution in [-0.2, 0) is 4.79 Å². The van der Waals surface area contributed by atoms with Crippen LogP contribution in [0, 0.1) is 11.8 Å². The van der Waals surface area contributed by atoms with E-state index < -0.39 is 5.97 Å². The first-order valence-corrected chi connectivity index (χ1v) is 8.47. The van der Waals surface area contributed by atoms with E-state index in [-0.39, 0.29) is 17.7 Å². The van der Waals surface area contributed by atoms with Crippen LogP contribution in [0.3, 0.4) is 0 Å². The number of carboxylic acid groups (broad SMARTS) is 1. The van der Waals surface area contributed by atoms with E-state index in [1.807, 2.05) is 37.3 Å². The van der Waals surface area contributed by atoms with Gasteiger partial charge in [0, 0.05) is 24.0 Å². The Hall–Kier alpha value is -2.21. The molecular formula is C17H18N2O3S. The van der Waals surface area contributed by atoms with Gasteiger partial charge in [0.1, 0.15) is 10.7 Å². The van der Waals surface area contributed by atoms with Gasteiger partial charge in [-0.25, -0.2) is 4.98 Å². The summed E-state index contributed by atoms with van der Waals surface area (Å²) in [7, 11) is 0. The van der Waals surface area contributed by atoms with Gasteiger partial charge in [-0.05, 0) is 12.3 Å². The Kier molecular flexibility index (Phi) is 4.43. The van der Waals surface area contributed by atoms with E-state index >= 15 is 0 Å². The number of thiazole rings is 1. The van der Waals surface area contributed by atoms with Crippen LogP contribution in [0.5, 0.6) is 0 Å². The molecule has 2 aromatic rings. The molecule has 0 saturated carbocycles. The lowest BCUT2D eigenvalue weighted by atomic mass is 9.87. The second kappa shape index (κ2) is 6.50. The summed E-state index contributed by atoms with van der Waals surface area (Å²) in [5.74, 6) is -1.30. The number of likely N-dealkylation sites (tertiary alicyclic amines) is 1. The first kappa shape index (κ1) is 15.7. The molecule has 1 aliphatic rings. The largest absolute Gasteiger partial charge is 0.481 e. The highest BCUT2D eigenvalue weighted by atomic mass is 32.1. The molecule has 1 amide bonds. The average Bonchev–Trinajstić information content (AvgIpc) is 3.04. The van der Waals surface area contributed by atoms with Crippen molar-refractivity contribution >= 4 is 23.2 Å². The van der Waals surface area contributed by atoms with Gasteiger partial charge in [0.25, 0.3) is 5.91 Å². The van der Waals surface area contributed by atoms with Gasteiger partial charge in [-0.3, -0.25) is 9.59 Å². The number of carbonyl (C=O) groups excluding carboxylic acids is 1. The smallest absolute Gasteiger partial charge is 0.306 e. The van der Waals surface area contributed by atoms with Crippen molar-refractivity contribution in [2.75, 3.05) is 13.1 Å². The minimum atomic E-state index is -0.773. The molecule has 2 unspecified atom stereocenters. The van der Waals surface area contributed by atoms with E-state index in [2.05, 4.69) is 4.98 Å². The number of carboxylic acids is 1. The molecule has 0 radical (unpaired) electrons. The molecule has 2 atom stereocenters. The molecule has 0 bridgehead atoms. The third kappa shape index (κ3) is 3.27. The molecule has 23 heavy (non-hydrogen) atoms. The molecule has 1 aromatic carbocycles. The molecule has 1 N–H and O–H groups in total. The summed E-state index contributed by atoms with van der Waals surface area (Å²) < 4.78 is 0. The standard InChI is InChI=1S/C17H18N2O3S/c1-11-9-19(8-7-13(11)17(21)22)16(20)14-10-23-15(18-14)12-5-3-2-4-6-12/h2-6,10-11,13H,7-9H2,1H3,(H,21,22).